The van der Waals surface area contributed by atoms with Crippen molar-refractivity contribution in [3.63, 3.8) is 0 Å². The third kappa shape index (κ3) is 2.83. The van der Waals surface area contributed by atoms with Gasteiger partial charge < -0.3 is 4.90 Å². The van der Waals surface area contributed by atoms with Crippen LogP contribution in [-0.2, 0) is 11.3 Å². The molecule has 1 saturated heterocycles. The Morgan fingerprint density at radius 2 is 2.17 bits per heavy atom. The molecule has 1 saturated carbocycles. The summed E-state index contributed by atoms with van der Waals surface area (Å²) in [6, 6.07) is 3.96. The van der Waals surface area contributed by atoms with Gasteiger partial charge in [-0.3, -0.25) is 9.78 Å². The van der Waals surface area contributed by atoms with Gasteiger partial charge >= 0.3 is 0 Å². The molecule has 2 aromatic rings. The fourth-order valence-electron chi connectivity index (χ4n) is 3.33. The Bertz CT molecular complexity index is 681. The minimum absolute atomic E-state index is 0.194. The van der Waals surface area contributed by atoms with Crippen molar-refractivity contribution < 1.29 is 4.79 Å². The van der Waals surface area contributed by atoms with Crippen LogP contribution in [0.1, 0.15) is 32.1 Å². The number of hydrogen-bond acceptors (Lipinski definition) is 5. The maximum Gasteiger partial charge on any atom is 0.225 e. The van der Waals surface area contributed by atoms with Crippen molar-refractivity contribution in [2.24, 2.45) is 5.92 Å². The quantitative estimate of drug-likeness (QED) is 0.855. The summed E-state index contributed by atoms with van der Waals surface area (Å²) in [4.78, 5) is 20.2. The molecule has 2 aromatic heterocycles. The molecule has 7 nitrogen and oxygen atoms in total. The molecule has 0 radical (unpaired) electrons. The Labute approximate surface area is 134 Å². The smallest absolute Gasteiger partial charge is 0.225 e. The van der Waals surface area contributed by atoms with Gasteiger partial charge in [-0.15, -0.1) is 10.2 Å². The first-order valence-electron chi connectivity index (χ1n) is 8.30. The van der Waals surface area contributed by atoms with E-state index in [0.29, 0.717) is 18.3 Å². The Kier molecular flexibility index (Phi) is 3.77. The van der Waals surface area contributed by atoms with Gasteiger partial charge in [0.2, 0.25) is 11.7 Å². The summed E-state index contributed by atoms with van der Waals surface area (Å²) in [7, 11) is 0. The highest BCUT2D eigenvalue weighted by Crippen LogP contribution is 2.31. The first kappa shape index (κ1) is 14.3. The second-order valence-electron chi connectivity index (χ2n) is 6.37. The Balaban J connectivity index is 1.45. The number of amides is 1. The van der Waals surface area contributed by atoms with E-state index in [2.05, 4.69) is 20.4 Å². The van der Waals surface area contributed by atoms with Crippen molar-refractivity contribution in [2.75, 3.05) is 6.54 Å². The van der Waals surface area contributed by atoms with Crippen LogP contribution in [0.3, 0.4) is 0 Å². The first-order valence-corrected chi connectivity index (χ1v) is 8.30. The van der Waals surface area contributed by atoms with Crippen molar-refractivity contribution >= 4 is 5.91 Å². The lowest BCUT2D eigenvalue weighted by Crippen LogP contribution is -2.43. The molecule has 1 aliphatic carbocycles. The van der Waals surface area contributed by atoms with Gasteiger partial charge in [0.05, 0.1) is 12.6 Å². The number of carbonyl (C=O) groups is 1. The van der Waals surface area contributed by atoms with E-state index in [9.17, 15) is 4.79 Å². The SMILES string of the molecule is O=C(C1CCC1)N1CCC[C@H]1Cn1nnc(-c2cccnc2)n1. The average Bonchev–Trinajstić information content (AvgIpc) is 3.16. The molecule has 1 atom stereocenters. The second kappa shape index (κ2) is 6.06. The molecule has 23 heavy (non-hydrogen) atoms. The van der Waals surface area contributed by atoms with E-state index in [0.717, 1.165) is 37.8 Å². The number of carbonyl (C=O) groups excluding carboxylic acids is 1. The topological polar surface area (TPSA) is 76.8 Å². The molecule has 3 heterocycles. The lowest BCUT2D eigenvalue weighted by atomic mass is 9.84. The number of rotatable bonds is 4. The number of tetrazole rings is 1. The summed E-state index contributed by atoms with van der Waals surface area (Å²) in [6.07, 6.45) is 8.81. The third-order valence-electron chi connectivity index (χ3n) is 4.86. The van der Waals surface area contributed by atoms with Crippen LogP contribution < -0.4 is 0 Å². The molecule has 1 aliphatic heterocycles. The van der Waals surface area contributed by atoms with E-state index in [-0.39, 0.29) is 12.0 Å². The Hall–Kier alpha value is -2.31. The van der Waals surface area contributed by atoms with Crippen LogP contribution in [0.2, 0.25) is 0 Å². The fourth-order valence-corrected chi connectivity index (χ4v) is 3.33. The zero-order valence-electron chi connectivity index (χ0n) is 13.0. The molecule has 0 spiro atoms. The zero-order valence-corrected chi connectivity index (χ0v) is 13.0. The van der Waals surface area contributed by atoms with E-state index >= 15 is 0 Å². The van der Waals surface area contributed by atoms with E-state index in [1.807, 2.05) is 17.0 Å². The van der Waals surface area contributed by atoms with Gasteiger partial charge in [0.15, 0.2) is 0 Å². The zero-order chi connectivity index (χ0) is 15.6. The number of aromatic nitrogens is 5. The van der Waals surface area contributed by atoms with Gasteiger partial charge in [0.1, 0.15) is 0 Å². The molecule has 120 valence electrons. The van der Waals surface area contributed by atoms with Crippen molar-refractivity contribution in [2.45, 2.75) is 44.7 Å². The summed E-state index contributed by atoms with van der Waals surface area (Å²) in [5.74, 6) is 1.16. The highest BCUT2D eigenvalue weighted by atomic mass is 16.2. The molecule has 0 bridgehead atoms. The van der Waals surface area contributed by atoms with Gasteiger partial charge in [0, 0.05) is 30.4 Å². The molecular formula is C16H20N6O. The summed E-state index contributed by atoms with van der Waals surface area (Å²) in [6.45, 7) is 1.48. The average molecular weight is 312 g/mol. The van der Waals surface area contributed by atoms with E-state index in [1.165, 1.54) is 6.42 Å². The maximum atomic E-state index is 12.5. The van der Waals surface area contributed by atoms with Crippen LogP contribution in [0.4, 0.5) is 0 Å². The lowest BCUT2D eigenvalue weighted by Gasteiger charge is -2.32. The number of likely N-dealkylation sites (tertiary alicyclic amines) is 1. The van der Waals surface area contributed by atoms with Crippen LogP contribution in [0.25, 0.3) is 11.4 Å². The standard InChI is InChI=1S/C16H20N6O/c23-16(12-4-1-5-12)21-9-3-7-14(21)11-22-19-15(18-20-22)13-6-2-8-17-10-13/h2,6,8,10,12,14H,1,3-5,7,9,11H2/t14-/m0/s1. The fraction of sp³-hybridized carbons (Fsp3) is 0.562. The van der Waals surface area contributed by atoms with Crippen LogP contribution >= 0.6 is 0 Å². The molecule has 0 aromatic carbocycles. The molecular weight excluding hydrogens is 292 g/mol. The van der Waals surface area contributed by atoms with Gasteiger partial charge in [-0.1, -0.05) is 6.42 Å². The molecule has 7 heteroatoms. The normalized spacial score (nSPS) is 21.4. The van der Waals surface area contributed by atoms with Gasteiger partial charge in [-0.05, 0) is 43.0 Å². The lowest BCUT2D eigenvalue weighted by molar-refractivity contribution is -0.139. The first-order chi connectivity index (χ1) is 11.3. The largest absolute Gasteiger partial charge is 0.338 e. The van der Waals surface area contributed by atoms with Crippen molar-refractivity contribution in [3.05, 3.63) is 24.5 Å². The van der Waals surface area contributed by atoms with Crippen molar-refractivity contribution in [1.29, 1.82) is 0 Å². The summed E-state index contributed by atoms with van der Waals surface area (Å²) < 4.78 is 0. The van der Waals surface area contributed by atoms with E-state index in [4.69, 9.17) is 0 Å². The van der Waals surface area contributed by atoms with Crippen molar-refractivity contribution in [1.82, 2.24) is 30.1 Å². The van der Waals surface area contributed by atoms with E-state index in [1.54, 1.807) is 17.2 Å². The third-order valence-corrected chi connectivity index (χ3v) is 4.86. The molecule has 0 N–H and O–H groups in total. The highest BCUT2D eigenvalue weighted by Gasteiger charge is 2.35. The molecule has 2 aliphatic rings. The number of nitrogens with zero attached hydrogens (tertiary/aromatic N) is 6. The highest BCUT2D eigenvalue weighted by molar-refractivity contribution is 5.80. The monoisotopic (exact) mass is 312 g/mol. The molecule has 2 fully saturated rings. The van der Waals surface area contributed by atoms with Gasteiger partial charge in [-0.25, -0.2) is 0 Å². The number of pyridine rings is 1. The second-order valence-corrected chi connectivity index (χ2v) is 6.37. The van der Waals surface area contributed by atoms with Crippen molar-refractivity contribution in [3.8, 4) is 11.4 Å². The van der Waals surface area contributed by atoms with Crippen LogP contribution in [0.5, 0.6) is 0 Å². The minimum atomic E-state index is 0.194. The maximum absolute atomic E-state index is 12.5. The van der Waals surface area contributed by atoms with Gasteiger partial charge in [-0.2, -0.15) is 4.80 Å². The predicted molar refractivity (Wildman–Crippen MR) is 83.1 cm³/mol. The Morgan fingerprint density at radius 1 is 1.26 bits per heavy atom. The summed E-state index contributed by atoms with van der Waals surface area (Å²) >= 11 is 0. The van der Waals surface area contributed by atoms with Crippen LogP contribution in [0, 0.1) is 5.92 Å². The molecule has 0 unspecified atom stereocenters. The Morgan fingerprint density at radius 3 is 2.91 bits per heavy atom. The van der Waals surface area contributed by atoms with E-state index < -0.39 is 0 Å². The minimum Gasteiger partial charge on any atom is -0.338 e. The summed E-state index contributed by atoms with van der Waals surface area (Å²) in [5, 5.41) is 12.7. The van der Waals surface area contributed by atoms with Crippen LogP contribution in [0.15, 0.2) is 24.5 Å². The number of hydrogen-bond donors (Lipinski definition) is 0. The summed E-state index contributed by atoms with van der Waals surface area (Å²) in [5.41, 5.74) is 0.854. The van der Waals surface area contributed by atoms with Crippen LogP contribution in [-0.4, -0.2) is 48.6 Å². The molecule has 1 amide bonds. The predicted octanol–water partition coefficient (Wildman–Crippen LogP) is 1.53. The molecule has 4 rings (SSSR count). The van der Waals surface area contributed by atoms with Gasteiger partial charge in [0.25, 0.3) is 0 Å².